The van der Waals surface area contributed by atoms with Crippen molar-refractivity contribution in [3.8, 4) is 0 Å². The van der Waals surface area contributed by atoms with Gasteiger partial charge in [0.2, 0.25) is 0 Å². The van der Waals surface area contributed by atoms with E-state index < -0.39 is 11.7 Å². The third-order valence-corrected chi connectivity index (χ3v) is 3.54. The van der Waals surface area contributed by atoms with Gasteiger partial charge in [-0.1, -0.05) is 6.07 Å². The number of benzene rings is 1. The number of nitrogens with zero attached hydrogens (tertiary/aromatic N) is 4. The van der Waals surface area contributed by atoms with Crippen LogP contribution in [0.15, 0.2) is 36.8 Å². The molecule has 0 radical (unpaired) electrons. The van der Waals surface area contributed by atoms with Gasteiger partial charge in [0.1, 0.15) is 12.2 Å². The van der Waals surface area contributed by atoms with E-state index in [0.29, 0.717) is 23.9 Å². The van der Waals surface area contributed by atoms with E-state index in [4.69, 9.17) is 0 Å². The van der Waals surface area contributed by atoms with Gasteiger partial charge >= 0.3 is 6.18 Å². The van der Waals surface area contributed by atoms with Gasteiger partial charge in [-0.05, 0) is 18.2 Å². The van der Waals surface area contributed by atoms with Crippen LogP contribution in [0.3, 0.4) is 0 Å². The molecule has 23 heavy (non-hydrogen) atoms. The van der Waals surface area contributed by atoms with Gasteiger partial charge in [-0.15, -0.1) is 0 Å². The number of hydrogen-bond donors (Lipinski definition) is 1. The summed E-state index contributed by atoms with van der Waals surface area (Å²) in [6, 6.07) is 5.31. The van der Waals surface area contributed by atoms with Crippen molar-refractivity contribution >= 4 is 16.6 Å². The third-order valence-electron chi connectivity index (χ3n) is 3.54. The lowest BCUT2D eigenvalue weighted by molar-refractivity contribution is -0.137. The van der Waals surface area contributed by atoms with E-state index in [9.17, 15) is 13.2 Å². The molecule has 0 saturated carbocycles. The highest BCUT2D eigenvalue weighted by Gasteiger charge is 2.30. The molecule has 0 aliphatic rings. The van der Waals surface area contributed by atoms with Crippen LogP contribution in [0.4, 0.5) is 18.9 Å². The summed E-state index contributed by atoms with van der Waals surface area (Å²) in [6.07, 6.45) is -0.742. The highest BCUT2D eigenvalue weighted by Crippen LogP contribution is 2.32. The van der Waals surface area contributed by atoms with E-state index in [1.54, 1.807) is 10.7 Å². The SMILES string of the molecule is Cn1ncnc1CCNc1ccnc2cc(C(F)(F)F)ccc12. The Kier molecular flexibility index (Phi) is 3.89. The Hall–Kier alpha value is -2.64. The van der Waals surface area contributed by atoms with Crippen LogP contribution >= 0.6 is 0 Å². The smallest absolute Gasteiger partial charge is 0.384 e. The summed E-state index contributed by atoms with van der Waals surface area (Å²) >= 11 is 0. The molecule has 0 bridgehead atoms. The summed E-state index contributed by atoms with van der Waals surface area (Å²) in [6.45, 7) is 0.590. The number of hydrogen-bond acceptors (Lipinski definition) is 4. The number of aromatic nitrogens is 4. The molecule has 2 aromatic heterocycles. The number of aryl methyl sites for hydroxylation is 1. The van der Waals surface area contributed by atoms with Gasteiger partial charge in [0, 0.05) is 37.3 Å². The number of nitrogens with one attached hydrogen (secondary N) is 1. The first-order chi connectivity index (χ1) is 10.9. The molecule has 2 heterocycles. The lowest BCUT2D eigenvalue weighted by Crippen LogP contribution is -2.10. The van der Waals surface area contributed by atoms with Crippen molar-refractivity contribution in [2.24, 2.45) is 7.05 Å². The number of rotatable bonds is 4. The van der Waals surface area contributed by atoms with Crippen LogP contribution in [0.5, 0.6) is 0 Å². The standard InChI is InChI=1S/C15H14F3N5/c1-23-14(21-9-22-23)5-7-19-12-4-6-20-13-8-10(15(16,17)18)2-3-11(12)13/h2-4,6,8-9H,5,7H2,1H3,(H,19,20). The van der Waals surface area contributed by atoms with Crippen molar-refractivity contribution in [1.82, 2.24) is 19.7 Å². The normalized spacial score (nSPS) is 11.8. The van der Waals surface area contributed by atoms with Gasteiger partial charge in [-0.25, -0.2) is 4.98 Å². The molecule has 0 aliphatic heterocycles. The molecular formula is C15H14F3N5. The summed E-state index contributed by atoms with van der Waals surface area (Å²) < 4.78 is 39.9. The Labute approximate surface area is 130 Å². The van der Waals surface area contributed by atoms with Crippen LogP contribution in [0.25, 0.3) is 10.9 Å². The Morgan fingerprint density at radius 2 is 2.00 bits per heavy atom. The first-order valence-electron chi connectivity index (χ1n) is 6.98. The molecule has 0 atom stereocenters. The molecule has 0 spiro atoms. The molecule has 120 valence electrons. The number of fused-ring (bicyclic) bond motifs is 1. The van der Waals surface area contributed by atoms with Crippen LogP contribution in [-0.4, -0.2) is 26.3 Å². The second-order valence-corrected chi connectivity index (χ2v) is 5.06. The minimum absolute atomic E-state index is 0.309. The third kappa shape index (κ3) is 3.25. The van der Waals surface area contributed by atoms with Crippen molar-refractivity contribution < 1.29 is 13.2 Å². The predicted molar refractivity (Wildman–Crippen MR) is 79.9 cm³/mol. The second-order valence-electron chi connectivity index (χ2n) is 5.06. The summed E-state index contributed by atoms with van der Waals surface area (Å²) in [4.78, 5) is 8.14. The first-order valence-corrected chi connectivity index (χ1v) is 6.98. The van der Waals surface area contributed by atoms with Crippen molar-refractivity contribution in [3.05, 3.63) is 48.2 Å². The van der Waals surface area contributed by atoms with Gasteiger partial charge in [-0.3, -0.25) is 9.67 Å². The number of pyridine rings is 1. The Morgan fingerprint density at radius 1 is 1.17 bits per heavy atom. The van der Waals surface area contributed by atoms with E-state index in [2.05, 4.69) is 20.4 Å². The van der Waals surface area contributed by atoms with Crippen molar-refractivity contribution in [1.29, 1.82) is 0 Å². The molecule has 0 fully saturated rings. The molecule has 3 rings (SSSR count). The van der Waals surface area contributed by atoms with Crippen molar-refractivity contribution in [3.63, 3.8) is 0 Å². The van der Waals surface area contributed by atoms with E-state index in [-0.39, 0.29) is 0 Å². The summed E-state index contributed by atoms with van der Waals surface area (Å²) in [5.74, 6) is 0.829. The summed E-state index contributed by atoms with van der Waals surface area (Å²) in [5, 5.41) is 7.85. The molecule has 5 nitrogen and oxygen atoms in total. The predicted octanol–water partition coefficient (Wildman–Crippen LogP) is 3.04. The minimum Gasteiger partial charge on any atom is -0.384 e. The zero-order valence-corrected chi connectivity index (χ0v) is 12.3. The average Bonchev–Trinajstić information content (AvgIpc) is 2.91. The monoisotopic (exact) mass is 321 g/mol. The molecule has 0 amide bonds. The van der Waals surface area contributed by atoms with Crippen LogP contribution in [-0.2, 0) is 19.6 Å². The maximum absolute atomic E-state index is 12.8. The van der Waals surface area contributed by atoms with Gasteiger partial charge < -0.3 is 5.32 Å². The van der Waals surface area contributed by atoms with E-state index in [0.717, 1.165) is 23.6 Å². The lowest BCUT2D eigenvalue weighted by atomic mass is 10.1. The van der Waals surface area contributed by atoms with Gasteiger partial charge in [0.05, 0.1) is 11.1 Å². The fourth-order valence-electron chi connectivity index (χ4n) is 2.33. The molecule has 0 saturated heterocycles. The van der Waals surface area contributed by atoms with E-state index >= 15 is 0 Å². The first kappa shape index (κ1) is 15.3. The van der Waals surface area contributed by atoms with E-state index in [1.807, 2.05) is 7.05 Å². The quantitative estimate of drug-likeness (QED) is 0.802. The lowest BCUT2D eigenvalue weighted by Gasteiger charge is -2.11. The Morgan fingerprint density at radius 3 is 2.70 bits per heavy atom. The molecule has 3 aromatic rings. The topological polar surface area (TPSA) is 55.6 Å². The maximum Gasteiger partial charge on any atom is 0.416 e. The largest absolute Gasteiger partial charge is 0.416 e. The second kappa shape index (κ2) is 5.86. The van der Waals surface area contributed by atoms with Crippen LogP contribution in [0.2, 0.25) is 0 Å². The van der Waals surface area contributed by atoms with E-state index in [1.165, 1.54) is 18.6 Å². The van der Waals surface area contributed by atoms with Crippen molar-refractivity contribution in [2.75, 3.05) is 11.9 Å². The van der Waals surface area contributed by atoms with Gasteiger partial charge in [0.25, 0.3) is 0 Å². The van der Waals surface area contributed by atoms with Crippen LogP contribution in [0, 0.1) is 0 Å². The highest BCUT2D eigenvalue weighted by atomic mass is 19.4. The van der Waals surface area contributed by atoms with Gasteiger partial charge in [0.15, 0.2) is 0 Å². The number of anilines is 1. The average molecular weight is 321 g/mol. The molecule has 1 aromatic carbocycles. The molecule has 8 heteroatoms. The van der Waals surface area contributed by atoms with Gasteiger partial charge in [-0.2, -0.15) is 18.3 Å². The zero-order chi connectivity index (χ0) is 16.4. The molecule has 1 N–H and O–H groups in total. The minimum atomic E-state index is -4.37. The summed E-state index contributed by atoms with van der Waals surface area (Å²) in [7, 11) is 1.81. The van der Waals surface area contributed by atoms with Crippen LogP contribution in [0.1, 0.15) is 11.4 Å². The zero-order valence-electron chi connectivity index (χ0n) is 12.3. The fraction of sp³-hybridized carbons (Fsp3) is 0.267. The molecule has 0 aliphatic carbocycles. The van der Waals surface area contributed by atoms with Crippen LogP contribution < -0.4 is 5.32 Å². The highest BCUT2D eigenvalue weighted by molar-refractivity contribution is 5.91. The number of halogens is 3. The molecule has 0 unspecified atom stereocenters. The fourth-order valence-corrected chi connectivity index (χ4v) is 2.33. The number of alkyl halides is 3. The Balaban J connectivity index is 1.80. The molecular weight excluding hydrogens is 307 g/mol. The van der Waals surface area contributed by atoms with Crippen molar-refractivity contribution in [2.45, 2.75) is 12.6 Å². The maximum atomic E-state index is 12.8. The summed E-state index contributed by atoms with van der Waals surface area (Å²) in [5.41, 5.74) is 0.350. The Bertz CT molecular complexity index is 825.